The molecule has 0 radical (unpaired) electrons. The third-order valence-corrected chi connectivity index (χ3v) is 4.69. The van der Waals surface area contributed by atoms with Gasteiger partial charge in [-0.05, 0) is 32.1 Å². The molecule has 4 N–H and O–H groups in total. The minimum absolute atomic E-state index is 0.165. The van der Waals surface area contributed by atoms with E-state index in [1.807, 2.05) is 30.4 Å². The maximum Gasteiger partial charge on any atom is 0.320 e. The maximum atomic E-state index is 11.6. The number of aliphatic carboxylic acids is 1. The number of unbranched alkanes of at least 4 members (excludes halogenated alkanes) is 8. The normalized spacial score (nSPS) is 13.4. The maximum absolute atomic E-state index is 11.6. The summed E-state index contributed by atoms with van der Waals surface area (Å²) < 4.78 is 0. The molecule has 0 aliphatic heterocycles. The number of carbonyl (C=O) groups excluding carboxylic acids is 1. The molecule has 0 aliphatic rings. The fraction of sp³-hybridized carbons (Fsp3) is 0.538. The monoisotopic (exact) mass is 430 g/mol. The quantitative estimate of drug-likeness (QED) is 0.141. The van der Waals surface area contributed by atoms with Crippen LogP contribution in [0.3, 0.4) is 0 Å². The predicted molar refractivity (Wildman–Crippen MR) is 131 cm³/mol. The summed E-state index contributed by atoms with van der Waals surface area (Å²) in [4.78, 5) is 22.2. The SMILES string of the molecule is CCCCCCCCCC=CC=CC=CC=CC=CC(=O)NCCCC[C@H](N)C(=O)O. The van der Waals surface area contributed by atoms with Crippen LogP contribution in [0.1, 0.15) is 77.6 Å². The number of hydrogen-bond acceptors (Lipinski definition) is 3. The van der Waals surface area contributed by atoms with Gasteiger partial charge in [-0.3, -0.25) is 9.59 Å². The Hall–Kier alpha value is -2.40. The van der Waals surface area contributed by atoms with Crippen LogP contribution in [0.5, 0.6) is 0 Å². The van der Waals surface area contributed by atoms with Crippen molar-refractivity contribution in [1.29, 1.82) is 0 Å². The highest BCUT2D eigenvalue weighted by molar-refractivity contribution is 5.87. The van der Waals surface area contributed by atoms with Crippen molar-refractivity contribution in [1.82, 2.24) is 5.32 Å². The molecule has 31 heavy (non-hydrogen) atoms. The van der Waals surface area contributed by atoms with Gasteiger partial charge in [0.05, 0.1) is 0 Å². The summed E-state index contributed by atoms with van der Waals surface area (Å²) in [6, 6.07) is -0.824. The van der Waals surface area contributed by atoms with E-state index in [4.69, 9.17) is 10.8 Å². The molecular weight excluding hydrogens is 388 g/mol. The molecule has 0 bridgehead atoms. The fourth-order valence-electron chi connectivity index (χ4n) is 2.81. The van der Waals surface area contributed by atoms with Crippen molar-refractivity contribution in [3.63, 3.8) is 0 Å². The van der Waals surface area contributed by atoms with Gasteiger partial charge >= 0.3 is 5.97 Å². The predicted octanol–water partition coefficient (Wildman–Crippen LogP) is 5.61. The van der Waals surface area contributed by atoms with E-state index < -0.39 is 12.0 Å². The molecule has 0 heterocycles. The number of carboxylic acid groups (broad SMARTS) is 1. The zero-order valence-corrected chi connectivity index (χ0v) is 19.2. The van der Waals surface area contributed by atoms with Crippen LogP contribution in [0.4, 0.5) is 0 Å². The Morgan fingerprint density at radius 3 is 2.03 bits per heavy atom. The third kappa shape index (κ3) is 22.1. The minimum Gasteiger partial charge on any atom is -0.480 e. The molecule has 5 heteroatoms. The minimum atomic E-state index is -0.987. The first-order valence-electron chi connectivity index (χ1n) is 11.7. The van der Waals surface area contributed by atoms with E-state index in [2.05, 4.69) is 24.4 Å². The van der Waals surface area contributed by atoms with Crippen LogP contribution in [-0.2, 0) is 9.59 Å². The van der Waals surface area contributed by atoms with Crippen LogP contribution in [0.25, 0.3) is 0 Å². The van der Waals surface area contributed by atoms with Gasteiger partial charge in [0.1, 0.15) is 6.04 Å². The molecule has 0 aromatic carbocycles. The summed E-state index contributed by atoms with van der Waals surface area (Å²) in [7, 11) is 0. The molecule has 0 rings (SSSR count). The van der Waals surface area contributed by atoms with Crippen molar-refractivity contribution in [2.45, 2.75) is 83.6 Å². The van der Waals surface area contributed by atoms with E-state index >= 15 is 0 Å². The molecule has 0 fully saturated rings. The van der Waals surface area contributed by atoms with Crippen LogP contribution >= 0.6 is 0 Å². The molecule has 174 valence electrons. The number of nitrogens with one attached hydrogen (secondary N) is 1. The first-order chi connectivity index (χ1) is 15.1. The standard InChI is InChI=1S/C26H42N2O3/c1-2-3-4-5-6-7-8-9-10-11-12-13-14-15-16-17-18-22-25(29)28-23-20-19-21-24(27)26(30)31/h10-18,22,24H,2-9,19-21,23,27H2,1H3,(H,28,29)(H,30,31)/t24-/m0/s1. The highest BCUT2D eigenvalue weighted by atomic mass is 16.4. The van der Waals surface area contributed by atoms with Gasteiger partial charge in [0.25, 0.3) is 0 Å². The zero-order chi connectivity index (χ0) is 23.0. The van der Waals surface area contributed by atoms with Crippen molar-refractivity contribution >= 4 is 11.9 Å². The summed E-state index contributed by atoms with van der Waals surface area (Å²) in [6.45, 7) is 2.76. The molecule has 0 aromatic heterocycles. The first kappa shape index (κ1) is 28.6. The van der Waals surface area contributed by atoms with Gasteiger partial charge in [-0.15, -0.1) is 0 Å². The molecule has 0 saturated carbocycles. The second-order valence-electron chi connectivity index (χ2n) is 7.58. The molecule has 0 aromatic rings. The van der Waals surface area contributed by atoms with Crippen LogP contribution in [0, 0.1) is 0 Å². The topological polar surface area (TPSA) is 92.4 Å². The van der Waals surface area contributed by atoms with E-state index in [1.54, 1.807) is 12.2 Å². The average Bonchev–Trinajstić information content (AvgIpc) is 2.75. The fourth-order valence-corrected chi connectivity index (χ4v) is 2.81. The van der Waals surface area contributed by atoms with Crippen LogP contribution < -0.4 is 11.1 Å². The van der Waals surface area contributed by atoms with E-state index in [0.717, 1.165) is 6.42 Å². The summed E-state index contributed by atoms with van der Waals surface area (Å²) >= 11 is 0. The number of nitrogens with two attached hydrogens (primary N) is 1. The summed E-state index contributed by atoms with van der Waals surface area (Å²) in [5.74, 6) is -1.15. The Balaban J connectivity index is 3.68. The van der Waals surface area contributed by atoms with Crippen molar-refractivity contribution in [3.8, 4) is 0 Å². The lowest BCUT2D eigenvalue weighted by atomic mass is 10.1. The Kier molecular flexibility index (Phi) is 20.6. The lowest BCUT2D eigenvalue weighted by Gasteiger charge is -2.05. The Morgan fingerprint density at radius 2 is 1.39 bits per heavy atom. The number of carboxylic acids is 1. The van der Waals surface area contributed by atoms with E-state index in [-0.39, 0.29) is 5.91 Å². The number of carbonyl (C=O) groups is 2. The highest BCUT2D eigenvalue weighted by Crippen LogP contribution is 2.08. The molecule has 0 aliphatic carbocycles. The Morgan fingerprint density at radius 1 is 0.806 bits per heavy atom. The first-order valence-corrected chi connectivity index (χ1v) is 11.7. The van der Waals surface area contributed by atoms with Crippen molar-refractivity contribution < 1.29 is 14.7 Å². The number of amides is 1. The molecule has 5 nitrogen and oxygen atoms in total. The Labute approximate surface area is 188 Å². The highest BCUT2D eigenvalue weighted by Gasteiger charge is 2.09. The van der Waals surface area contributed by atoms with E-state index in [1.165, 1.54) is 51.0 Å². The second-order valence-corrected chi connectivity index (χ2v) is 7.58. The largest absolute Gasteiger partial charge is 0.480 e. The molecule has 0 unspecified atom stereocenters. The van der Waals surface area contributed by atoms with Gasteiger partial charge in [0.15, 0.2) is 0 Å². The summed E-state index contributed by atoms with van der Waals surface area (Å²) in [5.41, 5.74) is 5.42. The van der Waals surface area contributed by atoms with Gasteiger partial charge < -0.3 is 16.2 Å². The van der Waals surface area contributed by atoms with E-state index in [9.17, 15) is 9.59 Å². The molecular formula is C26H42N2O3. The van der Waals surface area contributed by atoms with Crippen LogP contribution in [0.2, 0.25) is 0 Å². The molecule has 0 saturated heterocycles. The number of hydrogen-bond donors (Lipinski definition) is 3. The Bertz CT molecular complexity index is 604. The van der Waals surface area contributed by atoms with Crippen LogP contribution in [-0.4, -0.2) is 29.6 Å². The summed E-state index contributed by atoms with van der Waals surface area (Å²) in [6.07, 6.45) is 31.3. The second kappa shape index (κ2) is 22.3. The number of rotatable bonds is 19. The lowest BCUT2D eigenvalue weighted by molar-refractivity contribution is -0.138. The van der Waals surface area contributed by atoms with Gasteiger partial charge in [-0.1, -0.05) is 100 Å². The van der Waals surface area contributed by atoms with Gasteiger partial charge in [-0.25, -0.2) is 0 Å². The third-order valence-electron chi connectivity index (χ3n) is 4.69. The van der Waals surface area contributed by atoms with Crippen molar-refractivity contribution in [3.05, 3.63) is 60.8 Å². The van der Waals surface area contributed by atoms with Gasteiger partial charge in [0.2, 0.25) is 5.91 Å². The number of allylic oxidation sites excluding steroid dienone is 9. The van der Waals surface area contributed by atoms with Crippen molar-refractivity contribution in [2.24, 2.45) is 5.73 Å². The van der Waals surface area contributed by atoms with Crippen LogP contribution in [0.15, 0.2) is 60.8 Å². The molecule has 0 spiro atoms. The molecule has 1 amide bonds. The lowest BCUT2D eigenvalue weighted by Crippen LogP contribution is -2.30. The summed E-state index contributed by atoms with van der Waals surface area (Å²) in [5, 5.41) is 11.4. The van der Waals surface area contributed by atoms with E-state index in [0.29, 0.717) is 25.8 Å². The van der Waals surface area contributed by atoms with Gasteiger partial charge in [0, 0.05) is 12.6 Å². The van der Waals surface area contributed by atoms with Gasteiger partial charge in [-0.2, -0.15) is 0 Å². The average molecular weight is 431 g/mol. The molecule has 1 atom stereocenters. The van der Waals surface area contributed by atoms with Crippen molar-refractivity contribution in [2.75, 3.05) is 6.54 Å². The zero-order valence-electron chi connectivity index (χ0n) is 19.2. The smallest absolute Gasteiger partial charge is 0.320 e.